The number of likely N-dealkylation sites (tertiary alicyclic amines) is 1. The maximum Gasteiger partial charge on any atom is 0.223 e. The second-order valence-corrected chi connectivity index (χ2v) is 8.55. The molecule has 1 aliphatic heterocycles. The summed E-state index contributed by atoms with van der Waals surface area (Å²) in [4.78, 5) is 14.5. The van der Waals surface area contributed by atoms with E-state index >= 15 is 0 Å². The van der Waals surface area contributed by atoms with Crippen LogP contribution >= 0.6 is 11.8 Å². The second-order valence-electron chi connectivity index (χ2n) is 7.32. The molecule has 0 aromatic heterocycles. The Morgan fingerprint density at radius 2 is 2.15 bits per heavy atom. The number of aryl methyl sites for hydroxylation is 2. The number of piperidine rings is 1. The van der Waals surface area contributed by atoms with Gasteiger partial charge in [0.05, 0.1) is 0 Å². The lowest BCUT2D eigenvalue weighted by Gasteiger charge is -2.34. The van der Waals surface area contributed by atoms with Crippen LogP contribution < -0.4 is 0 Å². The molecular weight excluding hydrogens is 338 g/mol. The van der Waals surface area contributed by atoms with E-state index in [-0.39, 0.29) is 0 Å². The third-order valence-corrected chi connectivity index (χ3v) is 6.07. The summed E-state index contributed by atoms with van der Waals surface area (Å²) < 4.78 is 0. The molecule has 1 aromatic rings. The van der Waals surface area contributed by atoms with Crippen molar-refractivity contribution in [3.05, 3.63) is 47.5 Å². The van der Waals surface area contributed by atoms with E-state index in [1.807, 2.05) is 11.8 Å². The predicted octanol–water partition coefficient (Wildman–Crippen LogP) is 5.79. The number of allylic oxidation sites excluding steroid dienone is 1. The number of hydrogen-bond acceptors (Lipinski definition) is 2. The highest BCUT2D eigenvalue weighted by atomic mass is 32.2. The fraction of sp³-hybridized carbons (Fsp3) is 0.609. The van der Waals surface area contributed by atoms with Crippen LogP contribution in [0.3, 0.4) is 0 Å². The van der Waals surface area contributed by atoms with Crippen LogP contribution in [0, 0.1) is 6.92 Å². The van der Waals surface area contributed by atoms with E-state index in [1.165, 1.54) is 36.1 Å². The number of benzene rings is 1. The van der Waals surface area contributed by atoms with Crippen molar-refractivity contribution in [3.63, 3.8) is 0 Å². The average Bonchev–Trinajstić information content (AvgIpc) is 2.63. The largest absolute Gasteiger partial charge is 0.335 e. The Morgan fingerprint density at radius 3 is 2.96 bits per heavy atom. The minimum atomic E-state index is 0.310. The molecule has 144 valence electrons. The van der Waals surface area contributed by atoms with Crippen molar-refractivity contribution >= 4 is 17.7 Å². The van der Waals surface area contributed by atoms with Crippen molar-refractivity contribution in [1.29, 1.82) is 0 Å². The Morgan fingerprint density at radius 1 is 1.27 bits per heavy atom. The molecule has 1 saturated heterocycles. The van der Waals surface area contributed by atoms with Crippen LogP contribution in [-0.2, 0) is 11.2 Å². The molecule has 0 aliphatic carbocycles. The smallest absolute Gasteiger partial charge is 0.223 e. The normalized spacial score (nSPS) is 18.0. The summed E-state index contributed by atoms with van der Waals surface area (Å²) in [5.74, 6) is 2.65. The van der Waals surface area contributed by atoms with Crippen LogP contribution in [0.4, 0.5) is 0 Å². The molecule has 3 heteroatoms. The summed E-state index contributed by atoms with van der Waals surface area (Å²) >= 11 is 2.00. The number of thioether (sulfide) groups is 1. The van der Waals surface area contributed by atoms with Crippen LogP contribution in [-0.4, -0.2) is 34.9 Å². The van der Waals surface area contributed by atoms with Crippen LogP contribution in [0.2, 0.25) is 0 Å². The van der Waals surface area contributed by atoms with Gasteiger partial charge in [-0.1, -0.05) is 61.7 Å². The number of unbranched alkanes of at least 4 members (excludes halogenated alkanes) is 2. The highest BCUT2D eigenvalue weighted by Crippen LogP contribution is 2.20. The van der Waals surface area contributed by atoms with Crippen LogP contribution in [0.1, 0.15) is 63.0 Å². The molecule has 1 heterocycles. The zero-order chi connectivity index (χ0) is 18.6. The van der Waals surface area contributed by atoms with Crippen LogP contribution in [0.5, 0.6) is 0 Å². The van der Waals surface area contributed by atoms with E-state index in [1.54, 1.807) is 0 Å². The molecule has 2 nitrogen and oxygen atoms in total. The Labute approximate surface area is 164 Å². The molecule has 1 aliphatic rings. The van der Waals surface area contributed by atoms with Crippen molar-refractivity contribution in [2.75, 3.05) is 18.1 Å². The molecule has 0 N–H and O–H groups in total. The fourth-order valence-electron chi connectivity index (χ4n) is 3.53. The third-order valence-electron chi connectivity index (χ3n) is 5.02. The summed E-state index contributed by atoms with van der Waals surface area (Å²) in [6, 6.07) is 9.05. The minimum Gasteiger partial charge on any atom is -0.335 e. The predicted molar refractivity (Wildman–Crippen MR) is 115 cm³/mol. The lowest BCUT2D eigenvalue weighted by Crippen LogP contribution is -2.43. The monoisotopic (exact) mass is 373 g/mol. The molecule has 1 fully saturated rings. The molecule has 0 radical (unpaired) electrons. The Kier molecular flexibility index (Phi) is 9.91. The highest BCUT2D eigenvalue weighted by molar-refractivity contribution is 7.99. The SMILES string of the molecule is CCCCCSCCN1C(=O)CCCC1/C=C/CCc1cccc(C)c1. The lowest BCUT2D eigenvalue weighted by atomic mass is 10.00. The van der Waals surface area contributed by atoms with Gasteiger partial charge in [0.1, 0.15) is 0 Å². The number of rotatable bonds is 11. The van der Waals surface area contributed by atoms with E-state index in [2.05, 4.69) is 55.2 Å². The van der Waals surface area contributed by atoms with Gasteiger partial charge in [-0.2, -0.15) is 11.8 Å². The first-order chi connectivity index (χ1) is 12.7. The van der Waals surface area contributed by atoms with E-state index in [4.69, 9.17) is 0 Å². The summed E-state index contributed by atoms with van der Waals surface area (Å²) in [6.07, 6.45) is 13.5. The molecule has 26 heavy (non-hydrogen) atoms. The molecule has 0 saturated carbocycles. The van der Waals surface area contributed by atoms with Crippen LogP contribution in [0.25, 0.3) is 0 Å². The standard InChI is InChI=1S/C23H35NOS/c1-3-4-7-17-26-18-16-24-22(14-9-15-23(24)25)13-6-5-11-21-12-8-10-20(2)19-21/h6,8,10,12-13,19,22H,3-5,7,9,11,14-18H2,1-2H3/b13-6+. The average molecular weight is 374 g/mol. The van der Waals surface area contributed by atoms with Gasteiger partial charge in [0, 0.05) is 24.8 Å². The van der Waals surface area contributed by atoms with Gasteiger partial charge < -0.3 is 4.90 Å². The number of carbonyl (C=O) groups excluding carboxylic acids is 1. The maximum absolute atomic E-state index is 12.3. The van der Waals surface area contributed by atoms with Crippen molar-refractivity contribution in [2.45, 2.75) is 71.3 Å². The van der Waals surface area contributed by atoms with Gasteiger partial charge in [-0.3, -0.25) is 4.79 Å². The molecule has 2 rings (SSSR count). The number of hydrogen-bond donors (Lipinski definition) is 0. The van der Waals surface area contributed by atoms with Gasteiger partial charge in [0.2, 0.25) is 5.91 Å². The number of nitrogens with zero attached hydrogens (tertiary/aromatic N) is 1. The van der Waals surface area contributed by atoms with Gasteiger partial charge >= 0.3 is 0 Å². The first-order valence-electron chi connectivity index (χ1n) is 10.3. The maximum atomic E-state index is 12.3. The summed E-state index contributed by atoms with van der Waals surface area (Å²) in [5.41, 5.74) is 2.72. The molecule has 0 spiro atoms. The second kappa shape index (κ2) is 12.2. The third kappa shape index (κ3) is 7.57. The Bertz CT molecular complexity index is 569. The summed E-state index contributed by atoms with van der Waals surface area (Å²) in [5, 5.41) is 0. The van der Waals surface area contributed by atoms with E-state index in [9.17, 15) is 4.79 Å². The van der Waals surface area contributed by atoms with E-state index in [0.717, 1.165) is 44.4 Å². The lowest BCUT2D eigenvalue weighted by molar-refractivity contribution is -0.134. The Hall–Kier alpha value is -1.22. The van der Waals surface area contributed by atoms with Crippen LogP contribution in [0.15, 0.2) is 36.4 Å². The molecule has 1 unspecified atom stereocenters. The number of carbonyl (C=O) groups is 1. The summed E-state index contributed by atoms with van der Waals surface area (Å²) in [6.45, 7) is 5.29. The zero-order valence-corrected chi connectivity index (χ0v) is 17.4. The fourth-order valence-corrected chi connectivity index (χ4v) is 4.47. The van der Waals surface area contributed by atoms with Gasteiger partial charge in [0.25, 0.3) is 0 Å². The summed E-state index contributed by atoms with van der Waals surface area (Å²) in [7, 11) is 0. The van der Waals surface area contributed by atoms with Gasteiger partial charge in [0.15, 0.2) is 0 Å². The first-order valence-corrected chi connectivity index (χ1v) is 11.5. The molecule has 1 atom stereocenters. The van der Waals surface area contributed by atoms with E-state index in [0.29, 0.717) is 11.9 Å². The van der Waals surface area contributed by atoms with Gasteiger partial charge in [-0.05, 0) is 50.3 Å². The topological polar surface area (TPSA) is 20.3 Å². The quantitative estimate of drug-likeness (QED) is 0.361. The Balaban J connectivity index is 1.76. The van der Waals surface area contributed by atoms with Crippen molar-refractivity contribution in [1.82, 2.24) is 4.90 Å². The van der Waals surface area contributed by atoms with Crippen molar-refractivity contribution in [2.24, 2.45) is 0 Å². The highest BCUT2D eigenvalue weighted by Gasteiger charge is 2.25. The number of amides is 1. The van der Waals surface area contributed by atoms with Gasteiger partial charge in [-0.15, -0.1) is 0 Å². The minimum absolute atomic E-state index is 0.310. The molecule has 1 amide bonds. The molecule has 0 bridgehead atoms. The first kappa shape index (κ1) is 21.1. The van der Waals surface area contributed by atoms with Crippen molar-refractivity contribution < 1.29 is 4.79 Å². The van der Waals surface area contributed by atoms with Gasteiger partial charge in [-0.25, -0.2) is 0 Å². The van der Waals surface area contributed by atoms with E-state index < -0.39 is 0 Å². The zero-order valence-electron chi connectivity index (χ0n) is 16.6. The molecule has 1 aromatic carbocycles. The molecular formula is C23H35NOS. The van der Waals surface area contributed by atoms with Crippen molar-refractivity contribution in [3.8, 4) is 0 Å².